The molecule has 5 nitrogen and oxygen atoms in total. The molecule has 2 aromatic rings. The molecule has 0 aliphatic carbocycles. The van der Waals surface area contributed by atoms with Crippen molar-refractivity contribution in [3.63, 3.8) is 0 Å². The van der Waals surface area contributed by atoms with Gasteiger partial charge in [-0.05, 0) is 25.3 Å². The van der Waals surface area contributed by atoms with E-state index in [2.05, 4.69) is 5.32 Å². The molecular weight excluding hydrogens is 282 g/mol. The maximum atomic E-state index is 12.4. The highest BCUT2D eigenvalue weighted by atomic mass is 16.4. The largest absolute Gasteiger partial charge is 0.480 e. The summed E-state index contributed by atoms with van der Waals surface area (Å²) < 4.78 is 5.57. The first-order valence-electron chi connectivity index (χ1n) is 7.45. The molecule has 0 fully saturated rings. The zero-order valence-corrected chi connectivity index (χ0v) is 13.1. The van der Waals surface area contributed by atoms with Crippen LogP contribution < -0.4 is 5.32 Å². The molecule has 2 rings (SSSR count). The molecule has 22 heavy (non-hydrogen) atoms. The van der Waals surface area contributed by atoms with Crippen LogP contribution >= 0.6 is 0 Å². The molecule has 0 aliphatic heterocycles. The van der Waals surface area contributed by atoms with Crippen molar-refractivity contribution in [2.75, 3.05) is 0 Å². The molecule has 1 heterocycles. The van der Waals surface area contributed by atoms with Crippen molar-refractivity contribution in [1.82, 2.24) is 5.32 Å². The highest BCUT2D eigenvalue weighted by Gasteiger charge is 2.25. The maximum absolute atomic E-state index is 12.4. The molecule has 2 N–H and O–H groups in total. The van der Waals surface area contributed by atoms with E-state index in [4.69, 9.17) is 4.42 Å². The predicted octanol–water partition coefficient (Wildman–Crippen LogP) is 3.36. The van der Waals surface area contributed by atoms with Gasteiger partial charge >= 0.3 is 5.97 Å². The van der Waals surface area contributed by atoms with Crippen LogP contribution in [0.3, 0.4) is 0 Å². The van der Waals surface area contributed by atoms with Crippen molar-refractivity contribution in [1.29, 1.82) is 0 Å². The normalized spacial score (nSPS) is 13.8. The van der Waals surface area contributed by atoms with Crippen LogP contribution in [0.25, 0.3) is 11.0 Å². The van der Waals surface area contributed by atoms with Crippen LogP contribution in [0.15, 0.2) is 28.7 Å². The third kappa shape index (κ3) is 3.30. The van der Waals surface area contributed by atoms with Crippen molar-refractivity contribution < 1.29 is 19.1 Å². The van der Waals surface area contributed by atoms with Crippen LogP contribution in [0.4, 0.5) is 0 Å². The second kappa shape index (κ2) is 6.64. The standard InChI is InChI=1S/C17H21NO4/c1-4-10(2)9-13(17(20)21)18-16(19)15-11(3)12-7-5-6-8-14(12)22-15/h5-8,10,13H,4,9H2,1-3H3,(H,18,19)(H,20,21). The molecule has 2 atom stereocenters. The van der Waals surface area contributed by atoms with E-state index in [1.807, 2.05) is 32.0 Å². The number of hydrogen-bond acceptors (Lipinski definition) is 3. The number of aliphatic carboxylic acids is 1. The quantitative estimate of drug-likeness (QED) is 0.857. The van der Waals surface area contributed by atoms with Crippen molar-refractivity contribution in [3.05, 3.63) is 35.6 Å². The number of amides is 1. The van der Waals surface area contributed by atoms with Crippen molar-refractivity contribution in [2.45, 2.75) is 39.7 Å². The van der Waals surface area contributed by atoms with Gasteiger partial charge in [-0.25, -0.2) is 4.79 Å². The predicted molar refractivity (Wildman–Crippen MR) is 83.9 cm³/mol. The molecule has 118 valence electrons. The number of para-hydroxylation sites is 1. The number of carbonyl (C=O) groups excluding carboxylic acids is 1. The van der Waals surface area contributed by atoms with Gasteiger partial charge in [0.15, 0.2) is 5.76 Å². The summed E-state index contributed by atoms with van der Waals surface area (Å²) in [4.78, 5) is 23.7. The summed E-state index contributed by atoms with van der Waals surface area (Å²) in [5.41, 5.74) is 1.35. The minimum atomic E-state index is -1.03. The Labute approximate surface area is 129 Å². The number of rotatable bonds is 6. The Morgan fingerprint density at radius 2 is 2.00 bits per heavy atom. The molecule has 0 bridgehead atoms. The van der Waals surface area contributed by atoms with Crippen LogP contribution in [0, 0.1) is 12.8 Å². The molecule has 0 saturated carbocycles. The van der Waals surface area contributed by atoms with Gasteiger partial charge in [0.1, 0.15) is 11.6 Å². The van der Waals surface area contributed by atoms with Crippen LogP contribution in [0.5, 0.6) is 0 Å². The van der Waals surface area contributed by atoms with E-state index in [0.29, 0.717) is 12.0 Å². The van der Waals surface area contributed by atoms with Gasteiger partial charge in [-0.3, -0.25) is 4.79 Å². The molecule has 0 saturated heterocycles. The van der Waals surface area contributed by atoms with E-state index < -0.39 is 17.9 Å². The van der Waals surface area contributed by atoms with Crippen LogP contribution in [0.2, 0.25) is 0 Å². The van der Waals surface area contributed by atoms with E-state index in [9.17, 15) is 14.7 Å². The second-order valence-electron chi connectivity index (χ2n) is 5.67. The minimum Gasteiger partial charge on any atom is -0.480 e. The molecule has 1 aromatic heterocycles. The highest BCUT2D eigenvalue weighted by Crippen LogP contribution is 2.25. The number of hydrogen-bond donors (Lipinski definition) is 2. The maximum Gasteiger partial charge on any atom is 0.326 e. The molecule has 2 unspecified atom stereocenters. The Morgan fingerprint density at radius 3 is 2.59 bits per heavy atom. The van der Waals surface area contributed by atoms with E-state index in [1.165, 1.54) is 0 Å². The Balaban J connectivity index is 2.22. The fraction of sp³-hybridized carbons (Fsp3) is 0.412. The summed E-state index contributed by atoms with van der Waals surface area (Å²) in [5.74, 6) is -1.11. The summed E-state index contributed by atoms with van der Waals surface area (Å²) >= 11 is 0. The Morgan fingerprint density at radius 1 is 1.32 bits per heavy atom. The van der Waals surface area contributed by atoms with Crippen molar-refractivity contribution >= 4 is 22.8 Å². The van der Waals surface area contributed by atoms with Crippen LogP contribution in [-0.4, -0.2) is 23.0 Å². The Hall–Kier alpha value is -2.30. The van der Waals surface area contributed by atoms with Gasteiger partial charge in [-0.2, -0.15) is 0 Å². The molecule has 1 aromatic carbocycles. The molecule has 1 amide bonds. The number of carboxylic acid groups (broad SMARTS) is 1. The number of fused-ring (bicyclic) bond motifs is 1. The van der Waals surface area contributed by atoms with Crippen LogP contribution in [0.1, 0.15) is 42.8 Å². The Bertz CT molecular complexity index is 689. The average molecular weight is 303 g/mol. The number of carbonyl (C=O) groups is 2. The lowest BCUT2D eigenvalue weighted by Gasteiger charge is -2.17. The van der Waals surface area contributed by atoms with Crippen molar-refractivity contribution in [3.8, 4) is 0 Å². The van der Waals surface area contributed by atoms with Gasteiger partial charge in [0.2, 0.25) is 0 Å². The average Bonchev–Trinajstić information content (AvgIpc) is 2.84. The number of furan rings is 1. The van der Waals surface area contributed by atoms with Gasteiger partial charge in [0.25, 0.3) is 5.91 Å². The third-order valence-electron chi connectivity index (χ3n) is 3.99. The van der Waals surface area contributed by atoms with E-state index in [1.54, 1.807) is 13.0 Å². The van der Waals surface area contributed by atoms with Gasteiger partial charge in [0.05, 0.1) is 0 Å². The highest BCUT2D eigenvalue weighted by molar-refractivity contribution is 6.00. The smallest absolute Gasteiger partial charge is 0.326 e. The SMILES string of the molecule is CCC(C)CC(NC(=O)c1oc2ccccc2c1C)C(=O)O. The summed E-state index contributed by atoms with van der Waals surface area (Å²) in [6, 6.07) is 6.45. The molecule has 5 heteroatoms. The third-order valence-corrected chi connectivity index (χ3v) is 3.99. The van der Waals surface area contributed by atoms with E-state index >= 15 is 0 Å². The summed E-state index contributed by atoms with van der Waals surface area (Å²) in [6.45, 7) is 5.76. The monoisotopic (exact) mass is 303 g/mol. The first kappa shape index (κ1) is 16.1. The fourth-order valence-corrected chi connectivity index (χ4v) is 2.41. The molecule has 0 aliphatic rings. The lowest BCUT2D eigenvalue weighted by molar-refractivity contribution is -0.139. The van der Waals surface area contributed by atoms with Gasteiger partial charge in [-0.15, -0.1) is 0 Å². The number of aryl methyl sites for hydroxylation is 1. The molecular formula is C17H21NO4. The first-order valence-corrected chi connectivity index (χ1v) is 7.45. The van der Waals surface area contributed by atoms with Gasteiger partial charge < -0.3 is 14.8 Å². The minimum absolute atomic E-state index is 0.177. The van der Waals surface area contributed by atoms with Gasteiger partial charge in [-0.1, -0.05) is 38.5 Å². The van der Waals surface area contributed by atoms with E-state index in [-0.39, 0.29) is 11.7 Å². The second-order valence-corrected chi connectivity index (χ2v) is 5.67. The summed E-state index contributed by atoms with van der Waals surface area (Å²) in [5, 5.41) is 12.7. The van der Waals surface area contributed by atoms with Crippen molar-refractivity contribution in [2.24, 2.45) is 5.92 Å². The molecule has 0 spiro atoms. The Kier molecular flexibility index (Phi) is 4.85. The lowest BCUT2D eigenvalue weighted by atomic mass is 9.99. The summed E-state index contributed by atoms with van der Waals surface area (Å²) in [7, 11) is 0. The van der Waals surface area contributed by atoms with Gasteiger partial charge in [0, 0.05) is 10.9 Å². The topological polar surface area (TPSA) is 79.5 Å². The summed E-state index contributed by atoms with van der Waals surface area (Å²) in [6.07, 6.45) is 1.26. The first-order chi connectivity index (χ1) is 10.4. The number of benzene rings is 1. The van der Waals surface area contributed by atoms with Crippen LogP contribution in [-0.2, 0) is 4.79 Å². The molecule has 0 radical (unpaired) electrons. The van der Waals surface area contributed by atoms with E-state index in [0.717, 1.165) is 17.4 Å². The zero-order chi connectivity index (χ0) is 16.3. The number of carboxylic acids is 1. The lowest BCUT2D eigenvalue weighted by Crippen LogP contribution is -2.41. The number of nitrogens with one attached hydrogen (secondary N) is 1. The zero-order valence-electron chi connectivity index (χ0n) is 13.1. The fourth-order valence-electron chi connectivity index (χ4n) is 2.41.